The van der Waals surface area contributed by atoms with Crippen LogP contribution in [0.1, 0.15) is 74.0 Å². The second kappa shape index (κ2) is 6.33. The van der Waals surface area contributed by atoms with Crippen molar-refractivity contribution in [2.24, 2.45) is 11.3 Å². The number of hydrogen-bond donors (Lipinski definition) is 0. The largest absolute Gasteiger partial charge is 0.495 e. The van der Waals surface area contributed by atoms with Crippen LogP contribution in [0.15, 0.2) is 0 Å². The number of ether oxygens (including phenoxy) is 6. The smallest absolute Gasteiger partial charge is 0.342 e. The number of esters is 1. The Morgan fingerprint density at radius 1 is 1.00 bits per heavy atom. The van der Waals surface area contributed by atoms with Crippen LogP contribution >= 0.6 is 0 Å². The Balaban J connectivity index is 1.56. The number of hydrogen-bond acceptors (Lipinski definition) is 8. The molecule has 0 aromatic heterocycles. The Labute approximate surface area is 199 Å². The maximum atomic E-state index is 14.1. The molecule has 1 saturated carbocycles. The lowest BCUT2D eigenvalue weighted by atomic mass is 9.46. The SMILES string of the molecule is COc1c2c(c(C)c3c1C(=O)OC3)O[C@@]1(C)CC(=O)[C@]34O[C@](OC)(CC[C@]3(C)[C@H]1C2)OC4(C)C. The van der Waals surface area contributed by atoms with Crippen molar-refractivity contribution in [3.63, 3.8) is 0 Å². The number of carbonyl (C=O) groups excluding carboxylic acids is 2. The zero-order chi connectivity index (χ0) is 24.5. The quantitative estimate of drug-likeness (QED) is 0.603. The molecule has 8 heteroatoms. The van der Waals surface area contributed by atoms with Gasteiger partial charge in [-0.2, -0.15) is 0 Å². The van der Waals surface area contributed by atoms with Crippen molar-refractivity contribution in [2.75, 3.05) is 14.2 Å². The third-order valence-electron chi connectivity index (χ3n) is 9.41. The fourth-order valence-corrected chi connectivity index (χ4v) is 7.97. The van der Waals surface area contributed by atoms with E-state index in [4.69, 9.17) is 28.4 Å². The molecular weight excluding hydrogens is 440 g/mol. The number of benzene rings is 1. The number of fused-ring (bicyclic) bond motifs is 5. The van der Waals surface area contributed by atoms with Gasteiger partial charge in [-0.1, -0.05) is 6.92 Å². The van der Waals surface area contributed by atoms with Crippen LogP contribution in [0.25, 0.3) is 0 Å². The van der Waals surface area contributed by atoms with Gasteiger partial charge in [0.2, 0.25) is 0 Å². The van der Waals surface area contributed by atoms with Gasteiger partial charge in [0.15, 0.2) is 11.4 Å². The second-order valence-corrected chi connectivity index (χ2v) is 11.4. The molecule has 1 aromatic rings. The van der Waals surface area contributed by atoms with Gasteiger partial charge in [0.25, 0.3) is 5.97 Å². The minimum atomic E-state index is -1.22. The van der Waals surface area contributed by atoms with E-state index >= 15 is 0 Å². The molecule has 2 saturated heterocycles. The summed E-state index contributed by atoms with van der Waals surface area (Å²) < 4.78 is 36.5. The summed E-state index contributed by atoms with van der Waals surface area (Å²) in [6, 6.07) is 0. The first-order chi connectivity index (χ1) is 15.9. The average Bonchev–Trinajstić information content (AvgIpc) is 3.25. The molecule has 0 N–H and O–H groups in total. The van der Waals surface area contributed by atoms with Crippen molar-refractivity contribution in [1.82, 2.24) is 0 Å². The predicted octanol–water partition coefficient (Wildman–Crippen LogP) is 3.62. The van der Waals surface area contributed by atoms with Crippen LogP contribution in [0.5, 0.6) is 11.5 Å². The third-order valence-corrected chi connectivity index (χ3v) is 9.41. The summed E-state index contributed by atoms with van der Waals surface area (Å²) in [7, 11) is 3.13. The van der Waals surface area contributed by atoms with E-state index in [1.807, 2.05) is 27.7 Å². The molecule has 2 bridgehead atoms. The first-order valence-electron chi connectivity index (χ1n) is 12.0. The lowest BCUT2D eigenvalue weighted by Crippen LogP contribution is -2.75. The van der Waals surface area contributed by atoms with E-state index in [1.54, 1.807) is 14.2 Å². The highest BCUT2D eigenvalue weighted by molar-refractivity contribution is 5.98. The standard InChI is InChI=1S/C26H32O8/c1-13-15-12-31-21(28)18(15)20(29-6)14-10-16-23(4)8-9-25(30-7)33-22(2,3)26(23,34-25)17(27)11-24(16,5)32-19(13)14/h16H,8-12H2,1-7H3/t16-,23-,24+,25+,26-/m1/s1. The van der Waals surface area contributed by atoms with E-state index in [-0.39, 0.29) is 30.7 Å². The van der Waals surface area contributed by atoms with E-state index in [9.17, 15) is 9.59 Å². The Hall–Kier alpha value is -2.16. The van der Waals surface area contributed by atoms with Gasteiger partial charge in [-0.3, -0.25) is 4.79 Å². The predicted molar refractivity (Wildman–Crippen MR) is 119 cm³/mol. The van der Waals surface area contributed by atoms with Crippen molar-refractivity contribution in [2.45, 2.75) is 89.7 Å². The highest BCUT2D eigenvalue weighted by Gasteiger charge is 2.81. The van der Waals surface area contributed by atoms with Gasteiger partial charge < -0.3 is 28.4 Å². The Bertz CT molecular complexity index is 1160. The monoisotopic (exact) mass is 472 g/mol. The maximum Gasteiger partial charge on any atom is 0.342 e. The molecule has 1 aliphatic carbocycles. The molecule has 6 rings (SSSR count). The Morgan fingerprint density at radius 2 is 1.74 bits per heavy atom. The van der Waals surface area contributed by atoms with Gasteiger partial charge in [0, 0.05) is 42.4 Å². The van der Waals surface area contributed by atoms with Crippen molar-refractivity contribution in [3.8, 4) is 11.5 Å². The van der Waals surface area contributed by atoms with Crippen molar-refractivity contribution >= 4 is 11.8 Å². The van der Waals surface area contributed by atoms with E-state index in [0.717, 1.165) is 16.7 Å². The topological polar surface area (TPSA) is 89.5 Å². The molecule has 4 heterocycles. The van der Waals surface area contributed by atoms with Gasteiger partial charge >= 0.3 is 5.97 Å². The lowest BCUT2D eigenvalue weighted by Gasteiger charge is -2.63. The van der Waals surface area contributed by atoms with Crippen LogP contribution in [0, 0.1) is 18.3 Å². The molecule has 0 amide bonds. The summed E-state index contributed by atoms with van der Waals surface area (Å²) in [6.45, 7) is 10.1. The van der Waals surface area contributed by atoms with E-state index < -0.39 is 28.2 Å². The molecule has 34 heavy (non-hydrogen) atoms. The summed E-state index contributed by atoms with van der Waals surface area (Å²) >= 11 is 0. The molecule has 0 unspecified atom stereocenters. The van der Waals surface area contributed by atoms with Crippen LogP contribution in [0.2, 0.25) is 0 Å². The van der Waals surface area contributed by atoms with Gasteiger partial charge in [-0.25, -0.2) is 4.79 Å². The Kier molecular flexibility index (Phi) is 4.16. The summed E-state index contributed by atoms with van der Waals surface area (Å²) in [6.07, 6.45) is 1.95. The molecule has 184 valence electrons. The lowest BCUT2D eigenvalue weighted by molar-refractivity contribution is -0.372. The normalized spacial score (nSPS) is 41.1. The van der Waals surface area contributed by atoms with Crippen LogP contribution in [0.3, 0.4) is 0 Å². The van der Waals surface area contributed by atoms with Gasteiger partial charge in [0.1, 0.15) is 34.9 Å². The van der Waals surface area contributed by atoms with Crippen molar-refractivity contribution < 1.29 is 38.0 Å². The molecule has 8 nitrogen and oxygen atoms in total. The number of Topliss-reactive ketones (excluding diaryl/α,β-unsaturated/α-hetero) is 1. The van der Waals surface area contributed by atoms with Crippen LogP contribution in [-0.2, 0) is 36.8 Å². The fraction of sp³-hybridized carbons (Fsp3) is 0.692. The number of cyclic esters (lactones) is 1. The average molecular weight is 473 g/mol. The summed E-state index contributed by atoms with van der Waals surface area (Å²) in [5.41, 5.74) is -0.416. The van der Waals surface area contributed by atoms with Gasteiger partial charge in [-0.15, -0.1) is 0 Å². The highest BCUT2D eigenvalue weighted by atomic mass is 16.9. The zero-order valence-electron chi connectivity index (χ0n) is 20.9. The maximum absolute atomic E-state index is 14.1. The molecule has 3 fully saturated rings. The minimum absolute atomic E-state index is 0.0230. The zero-order valence-corrected chi connectivity index (χ0v) is 20.9. The van der Waals surface area contributed by atoms with E-state index in [0.29, 0.717) is 36.3 Å². The first-order valence-corrected chi connectivity index (χ1v) is 12.0. The first kappa shape index (κ1) is 22.3. The summed E-state index contributed by atoms with van der Waals surface area (Å²) in [5.74, 6) is -0.498. The molecule has 0 radical (unpaired) electrons. The molecule has 4 aliphatic heterocycles. The second-order valence-electron chi connectivity index (χ2n) is 11.4. The van der Waals surface area contributed by atoms with E-state index in [1.165, 1.54) is 0 Å². The van der Waals surface area contributed by atoms with Crippen LogP contribution in [-0.4, -0.2) is 48.7 Å². The van der Waals surface area contributed by atoms with E-state index in [2.05, 4.69) is 6.92 Å². The third kappa shape index (κ3) is 2.26. The highest BCUT2D eigenvalue weighted by Crippen LogP contribution is 2.69. The minimum Gasteiger partial charge on any atom is -0.495 e. The van der Waals surface area contributed by atoms with Gasteiger partial charge in [0.05, 0.1) is 7.11 Å². The molecule has 5 atom stereocenters. The number of rotatable bonds is 2. The number of methoxy groups -OCH3 is 2. The summed E-state index contributed by atoms with van der Waals surface area (Å²) in [5, 5.41) is 0. The van der Waals surface area contributed by atoms with Gasteiger partial charge in [-0.05, 0) is 46.1 Å². The van der Waals surface area contributed by atoms with Crippen molar-refractivity contribution in [3.05, 3.63) is 22.3 Å². The number of carbonyl (C=O) groups is 2. The van der Waals surface area contributed by atoms with Crippen LogP contribution in [0.4, 0.5) is 0 Å². The number of ketones is 1. The summed E-state index contributed by atoms with van der Waals surface area (Å²) in [4.78, 5) is 26.6. The molecular formula is C26H32O8. The van der Waals surface area contributed by atoms with Crippen molar-refractivity contribution in [1.29, 1.82) is 0 Å². The molecule has 1 aromatic carbocycles. The fourth-order valence-electron chi connectivity index (χ4n) is 7.97. The van der Waals surface area contributed by atoms with Crippen LogP contribution < -0.4 is 9.47 Å². The molecule has 5 aliphatic rings. The Morgan fingerprint density at radius 3 is 2.41 bits per heavy atom. The molecule has 1 spiro atoms.